The van der Waals surface area contributed by atoms with E-state index in [2.05, 4.69) is 19.9 Å². The van der Waals surface area contributed by atoms with Gasteiger partial charge in [0.2, 0.25) is 5.89 Å². The van der Waals surface area contributed by atoms with Crippen molar-refractivity contribution in [3.63, 3.8) is 0 Å². The first-order chi connectivity index (χ1) is 12.8. The first-order valence-corrected chi connectivity index (χ1v) is 9.75. The topological polar surface area (TPSA) is 101 Å². The summed E-state index contributed by atoms with van der Waals surface area (Å²) in [6.07, 6.45) is 2.00. The van der Waals surface area contributed by atoms with Crippen LogP contribution in [0, 0.1) is 25.5 Å². The Bertz CT molecular complexity index is 1130. The fourth-order valence-electron chi connectivity index (χ4n) is 2.95. The van der Waals surface area contributed by atoms with E-state index in [1.54, 1.807) is 13.8 Å². The van der Waals surface area contributed by atoms with E-state index in [9.17, 15) is 17.2 Å². The second kappa shape index (κ2) is 6.15. The van der Waals surface area contributed by atoms with E-state index >= 15 is 0 Å². The molecule has 1 aliphatic rings. The van der Waals surface area contributed by atoms with Gasteiger partial charge in [-0.25, -0.2) is 17.2 Å². The Morgan fingerprint density at radius 3 is 2.59 bits per heavy atom. The monoisotopic (exact) mass is 394 g/mol. The first kappa shape index (κ1) is 17.7. The molecule has 27 heavy (non-hydrogen) atoms. The highest BCUT2D eigenvalue weighted by molar-refractivity contribution is 7.92. The van der Waals surface area contributed by atoms with Gasteiger partial charge in [0, 0.05) is 23.2 Å². The molecule has 0 saturated heterocycles. The Hall–Kier alpha value is -2.75. The van der Waals surface area contributed by atoms with E-state index in [1.165, 1.54) is 0 Å². The highest BCUT2D eigenvalue weighted by atomic mass is 32.2. The van der Waals surface area contributed by atoms with Gasteiger partial charge in [-0.1, -0.05) is 0 Å². The zero-order chi connectivity index (χ0) is 19.3. The zero-order valence-corrected chi connectivity index (χ0v) is 15.3. The number of hydrogen-bond acceptors (Lipinski definition) is 5. The molecule has 0 spiro atoms. The largest absolute Gasteiger partial charge is 0.419 e. The molecule has 1 saturated carbocycles. The minimum absolute atomic E-state index is 0.00611. The Kier molecular flexibility index (Phi) is 4.02. The maximum atomic E-state index is 13.4. The third-order valence-electron chi connectivity index (χ3n) is 4.39. The highest BCUT2D eigenvalue weighted by Crippen LogP contribution is 2.40. The summed E-state index contributed by atoms with van der Waals surface area (Å²) in [4.78, 5) is 2.96. The van der Waals surface area contributed by atoms with Gasteiger partial charge in [-0.05, 0) is 38.8 Å². The summed E-state index contributed by atoms with van der Waals surface area (Å²) in [5.74, 6) is -1.16. The lowest BCUT2D eigenvalue weighted by Gasteiger charge is -2.09. The van der Waals surface area contributed by atoms with Crippen LogP contribution in [0.2, 0.25) is 0 Å². The van der Waals surface area contributed by atoms with Crippen molar-refractivity contribution in [2.45, 2.75) is 37.5 Å². The molecular weight excluding hydrogens is 378 g/mol. The van der Waals surface area contributed by atoms with Gasteiger partial charge in [-0.15, -0.1) is 10.2 Å². The molecule has 0 radical (unpaired) electrons. The summed E-state index contributed by atoms with van der Waals surface area (Å²) < 4.78 is 59.9. The SMILES string of the molecule is Cc1[nH]c(-c2nnc(C3CC3)o2)c(C)c1S(=O)(=O)Nc1ccc(F)c(F)c1. The van der Waals surface area contributed by atoms with Crippen LogP contribution in [0.15, 0.2) is 27.5 Å². The quantitative estimate of drug-likeness (QED) is 0.688. The summed E-state index contributed by atoms with van der Waals surface area (Å²) in [6, 6.07) is 2.78. The van der Waals surface area contributed by atoms with Gasteiger partial charge >= 0.3 is 0 Å². The lowest BCUT2D eigenvalue weighted by molar-refractivity contribution is 0.507. The Morgan fingerprint density at radius 2 is 1.93 bits per heavy atom. The third kappa shape index (κ3) is 3.20. The van der Waals surface area contributed by atoms with Crippen molar-refractivity contribution < 1.29 is 21.6 Å². The van der Waals surface area contributed by atoms with Gasteiger partial charge in [-0.2, -0.15) is 0 Å². The van der Waals surface area contributed by atoms with Crippen molar-refractivity contribution >= 4 is 15.7 Å². The summed E-state index contributed by atoms with van der Waals surface area (Å²) in [5.41, 5.74) is 1.10. The number of nitrogens with zero attached hydrogens (tertiary/aromatic N) is 2. The van der Waals surface area contributed by atoms with Crippen molar-refractivity contribution in [3.05, 3.63) is 47.0 Å². The molecule has 0 unspecified atom stereocenters. The van der Waals surface area contributed by atoms with E-state index in [1.807, 2.05) is 0 Å². The molecular formula is C17H16F2N4O3S. The molecule has 1 aromatic carbocycles. The summed E-state index contributed by atoms with van der Waals surface area (Å²) in [5, 5.41) is 8.00. The van der Waals surface area contributed by atoms with Crippen LogP contribution in [0.25, 0.3) is 11.6 Å². The lowest BCUT2D eigenvalue weighted by atomic mass is 10.2. The second-order valence-corrected chi connectivity index (χ2v) is 8.15. The predicted octanol–water partition coefficient (Wildman–Crippen LogP) is 3.64. The second-order valence-electron chi connectivity index (χ2n) is 6.53. The van der Waals surface area contributed by atoms with Gasteiger partial charge in [-0.3, -0.25) is 4.72 Å². The number of rotatable bonds is 5. The fourth-order valence-corrected chi connectivity index (χ4v) is 4.45. The third-order valence-corrected chi connectivity index (χ3v) is 6.04. The molecule has 3 aromatic rings. The van der Waals surface area contributed by atoms with Gasteiger partial charge < -0.3 is 9.40 Å². The van der Waals surface area contributed by atoms with Gasteiger partial charge in [0.1, 0.15) is 10.6 Å². The van der Waals surface area contributed by atoms with Crippen LogP contribution in [0.1, 0.15) is 35.9 Å². The molecule has 0 aliphatic heterocycles. The Morgan fingerprint density at radius 1 is 1.19 bits per heavy atom. The Balaban J connectivity index is 1.69. The van der Waals surface area contributed by atoms with Gasteiger partial charge in [0.05, 0.1) is 5.69 Å². The predicted molar refractivity (Wildman–Crippen MR) is 92.7 cm³/mol. The summed E-state index contributed by atoms with van der Waals surface area (Å²) in [7, 11) is -4.05. The minimum atomic E-state index is -4.05. The average Bonchev–Trinajstić information content (AvgIpc) is 3.24. The van der Waals surface area contributed by atoms with E-state index < -0.39 is 21.7 Å². The molecule has 10 heteroatoms. The molecule has 4 rings (SSSR count). The zero-order valence-electron chi connectivity index (χ0n) is 14.5. The number of nitrogens with one attached hydrogen (secondary N) is 2. The van der Waals surface area contributed by atoms with Crippen LogP contribution in [0.3, 0.4) is 0 Å². The van der Waals surface area contributed by atoms with Crippen LogP contribution in [-0.2, 0) is 10.0 Å². The smallest absolute Gasteiger partial charge is 0.264 e. The molecule has 2 heterocycles. The maximum absolute atomic E-state index is 13.4. The van der Waals surface area contributed by atoms with Gasteiger partial charge in [0.25, 0.3) is 15.9 Å². The highest BCUT2D eigenvalue weighted by Gasteiger charge is 2.31. The number of aryl methyl sites for hydroxylation is 1. The molecule has 2 N–H and O–H groups in total. The first-order valence-electron chi connectivity index (χ1n) is 8.27. The van der Waals surface area contributed by atoms with E-state index in [0.29, 0.717) is 22.8 Å². The van der Waals surface area contributed by atoms with Crippen molar-refractivity contribution in [2.75, 3.05) is 4.72 Å². The van der Waals surface area contributed by atoms with Crippen molar-refractivity contribution in [3.8, 4) is 11.6 Å². The average molecular weight is 394 g/mol. The standard InChI is InChI=1S/C17H16F2N4O3S/c1-8-14(17-22-21-16(26-17)10-3-4-10)20-9(2)15(8)27(24,25)23-11-5-6-12(18)13(19)7-11/h5-7,10,20,23H,3-4H2,1-2H3. The van der Waals surface area contributed by atoms with Crippen molar-refractivity contribution in [2.24, 2.45) is 0 Å². The summed E-state index contributed by atoms with van der Waals surface area (Å²) >= 11 is 0. The van der Waals surface area contributed by atoms with Crippen LogP contribution in [0.4, 0.5) is 14.5 Å². The number of hydrogen-bond donors (Lipinski definition) is 2. The number of H-pyrrole nitrogens is 1. The number of aromatic nitrogens is 3. The molecule has 0 bridgehead atoms. The van der Waals surface area contributed by atoms with Crippen LogP contribution in [-0.4, -0.2) is 23.6 Å². The van der Waals surface area contributed by atoms with Crippen molar-refractivity contribution in [1.82, 2.24) is 15.2 Å². The fraction of sp³-hybridized carbons (Fsp3) is 0.294. The number of sulfonamides is 1. The molecule has 0 amide bonds. The summed E-state index contributed by atoms with van der Waals surface area (Å²) in [6.45, 7) is 3.20. The molecule has 0 atom stereocenters. The Labute approximate surface area is 153 Å². The molecule has 7 nitrogen and oxygen atoms in total. The van der Waals surface area contributed by atoms with Gasteiger partial charge in [0.15, 0.2) is 11.6 Å². The van der Waals surface area contributed by atoms with Crippen LogP contribution < -0.4 is 4.72 Å². The molecule has 1 fully saturated rings. The number of benzene rings is 1. The van der Waals surface area contributed by atoms with Crippen LogP contribution >= 0.6 is 0 Å². The van der Waals surface area contributed by atoms with E-state index in [-0.39, 0.29) is 22.4 Å². The number of halogens is 2. The lowest BCUT2D eigenvalue weighted by Crippen LogP contribution is -2.14. The maximum Gasteiger partial charge on any atom is 0.264 e. The number of anilines is 1. The van der Waals surface area contributed by atoms with Crippen molar-refractivity contribution in [1.29, 1.82) is 0 Å². The number of aromatic amines is 1. The van der Waals surface area contributed by atoms with Crippen LogP contribution in [0.5, 0.6) is 0 Å². The molecule has 142 valence electrons. The van der Waals surface area contributed by atoms with E-state index in [0.717, 1.165) is 31.0 Å². The normalized spacial score (nSPS) is 14.5. The molecule has 2 aromatic heterocycles. The minimum Gasteiger partial charge on any atom is -0.419 e. The van der Waals surface area contributed by atoms with E-state index in [4.69, 9.17) is 4.42 Å². The molecule has 1 aliphatic carbocycles.